The van der Waals surface area contributed by atoms with Gasteiger partial charge < -0.3 is 14.8 Å². The van der Waals surface area contributed by atoms with Crippen molar-refractivity contribution < 1.29 is 14.3 Å². The first-order valence-electron chi connectivity index (χ1n) is 6.12. The van der Waals surface area contributed by atoms with Crippen molar-refractivity contribution in [2.24, 2.45) is 0 Å². The molecule has 0 unspecified atom stereocenters. The summed E-state index contributed by atoms with van der Waals surface area (Å²) in [5.41, 5.74) is 0. The average Bonchev–Trinajstić information content (AvgIpc) is 3.06. The van der Waals surface area contributed by atoms with Crippen molar-refractivity contribution in [3.05, 3.63) is 0 Å². The number of rotatable bonds is 6. The molecular weight excluding hydrogens is 286 g/mol. The molecule has 1 aromatic heterocycles. The van der Waals surface area contributed by atoms with Gasteiger partial charge >= 0.3 is 5.97 Å². The Hall–Kier alpha value is -0.860. The van der Waals surface area contributed by atoms with Gasteiger partial charge in [0, 0.05) is 13.2 Å². The number of nitrogens with zero attached hydrogens (tertiary/aromatic N) is 2. The summed E-state index contributed by atoms with van der Waals surface area (Å²) in [6.45, 7) is 3.39. The van der Waals surface area contributed by atoms with Crippen LogP contribution in [0.2, 0.25) is 0 Å². The first kappa shape index (κ1) is 14.5. The second-order valence-electron chi connectivity index (χ2n) is 4.17. The fraction of sp³-hybridized carbons (Fsp3) is 0.727. The van der Waals surface area contributed by atoms with E-state index in [1.54, 1.807) is 6.92 Å². The van der Waals surface area contributed by atoms with Gasteiger partial charge in [0.05, 0.1) is 13.2 Å². The molecule has 0 aromatic carbocycles. The van der Waals surface area contributed by atoms with Crippen molar-refractivity contribution in [3.63, 3.8) is 0 Å². The number of aromatic nitrogens is 2. The number of hydrogen-bond acceptors (Lipinski definition) is 8. The minimum atomic E-state index is -0.274. The van der Waals surface area contributed by atoms with Crippen LogP contribution in [0.25, 0.3) is 0 Å². The maximum atomic E-state index is 11.3. The molecule has 0 aliphatic carbocycles. The van der Waals surface area contributed by atoms with Gasteiger partial charge in [-0.05, 0) is 19.8 Å². The number of esters is 1. The van der Waals surface area contributed by atoms with Gasteiger partial charge in [-0.25, -0.2) is 0 Å². The van der Waals surface area contributed by atoms with E-state index >= 15 is 0 Å². The minimum absolute atomic E-state index is 0.255. The topological polar surface area (TPSA) is 73.3 Å². The van der Waals surface area contributed by atoms with Gasteiger partial charge in [0.2, 0.25) is 5.13 Å². The van der Waals surface area contributed by atoms with Crippen LogP contribution in [0, 0.1) is 0 Å². The van der Waals surface area contributed by atoms with Gasteiger partial charge in [0.25, 0.3) is 0 Å². The van der Waals surface area contributed by atoms with Crippen molar-refractivity contribution in [1.82, 2.24) is 10.2 Å². The summed E-state index contributed by atoms with van der Waals surface area (Å²) in [5.74, 6) is -0.255. The molecule has 1 fully saturated rings. The number of carbonyl (C=O) groups excluding carboxylic acids is 1. The Kier molecular flexibility index (Phi) is 5.41. The highest BCUT2D eigenvalue weighted by molar-refractivity contribution is 8.02. The Morgan fingerprint density at radius 3 is 3.21 bits per heavy atom. The van der Waals surface area contributed by atoms with Crippen LogP contribution in [-0.4, -0.2) is 47.8 Å². The largest absolute Gasteiger partial charge is 0.468 e. The van der Waals surface area contributed by atoms with E-state index < -0.39 is 0 Å². The Morgan fingerprint density at radius 1 is 1.68 bits per heavy atom. The molecule has 0 spiro atoms. The molecule has 106 valence electrons. The second kappa shape index (κ2) is 7.06. The number of thioether (sulfide) groups is 1. The van der Waals surface area contributed by atoms with Crippen molar-refractivity contribution in [2.45, 2.75) is 35.5 Å². The summed E-state index contributed by atoms with van der Waals surface area (Å²) in [5, 5.41) is 11.8. The van der Waals surface area contributed by atoms with E-state index in [9.17, 15) is 4.79 Å². The Morgan fingerprint density at radius 2 is 2.53 bits per heavy atom. The molecular formula is C11H17N3O3S2. The highest BCUT2D eigenvalue weighted by Crippen LogP contribution is 2.29. The lowest BCUT2D eigenvalue weighted by Gasteiger charge is -2.08. The number of ether oxygens (including phenoxy) is 2. The van der Waals surface area contributed by atoms with Crippen LogP contribution >= 0.6 is 23.1 Å². The van der Waals surface area contributed by atoms with E-state index in [2.05, 4.69) is 20.3 Å². The fourth-order valence-corrected chi connectivity index (χ4v) is 3.63. The van der Waals surface area contributed by atoms with E-state index in [-0.39, 0.29) is 17.3 Å². The molecule has 0 saturated carbocycles. The lowest BCUT2D eigenvalue weighted by molar-refractivity contribution is -0.139. The van der Waals surface area contributed by atoms with E-state index in [4.69, 9.17) is 4.74 Å². The number of hydrogen-bond donors (Lipinski definition) is 1. The fourth-order valence-electron chi connectivity index (χ4n) is 1.70. The van der Waals surface area contributed by atoms with Crippen molar-refractivity contribution in [1.29, 1.82) is 0 Å². The Bertz CT molecular complexity index is 421. The van der Waals surface area contributed by atoms with Crippen LogP contribution in [0.5, 0.6) is 0 Å². The molecule has 2 heterocycles. The van der Waals surface area contributed by atoms with Gasteiger partial charge in [-0.1, -0.05) is 23.1 Å². The number of nitrogens with one attached hydrogen (secondary N) is 1. The first-order valence-corrected chi connectivity index (χ1v) is 7.82. The van der Waals surface area contributed by atoms with Crippen molar-refractivity contribution >= 4 is 34.2 Å². The third kappa shape index (κ3) is 4.32. The molecule has 0 radical (unpaired) electrons. The van der Waals surface area contributed by atoms with E-state index in [0.29, 0.717) is 0 Å². The summed E-state index contributed by atoms with van der Waals surface area (Å²) < 4.78 is 10.9. The predicted molar refractivity (Wildman–Crippen MR) is 74.7 cm³/mol. The summed E-state index contributed by atoms with van der Waals surface area (Å²) in [6.07, 6.45) is 2.49. The zero-order valence-electron chi connectivity index (χ0n) is 10.9. The van der Waals surface area contributed by atoms with Crippen LogP contribution in [-0.2, 0) is 14.3 Å². The van der Waals surface area contributed by atoms with Crippen LogP contribution in [0.4, 0.5) is 5.13 Å². The average molecular weight is 303 g/mol. The highest BCUT2D eigenvalue weighted by Gasteiger charge is 2.18. The van der Waals surface area contributed by atoms with E-state index in [1.165, 1.54) is 30.2 Å². The summed E-state index contributed by atoms with van der Waals surface area (Å²) in [6, 6.07) is 0. The van der Waals surface area contributed by atoms with Crippen molar-refractivity contribution in [3.8, 4) is 0 Å². The molecule has 1 aliphatic heterocycles. The molecule has 1 saturated heterocycles. The summed E-state index contributed by atoms with van der Waals surface area (Å²) in [4.78, 5) is 11.3. The highest BCUT2D eigenvalue weighted by atomic mass is 32.2. The SMILES string of the molecule is COC(=O)[C@H](C)Sc1nnc(NC[C@H]2CCCO2)s1. The Balaban J connectivity index is 1.79. The summed E-state index contributed by atoms with van der Waals surface area (Å²) in [7, 11) is 1.38. The van der Waals surface area contributed by atoms with E-state index in [1.807, 2.05) is 0 Å². The second-order valence-corrected chi connectivity index (χ2v) is 6.74. The first-order chi connectivity index (χ1) is 9.19. The zero-order chi connectivity index (χ0) is 13.7. The maximum absolute atomic E-state index is 11.3. The standard InChI is InChI=1S/C11H17N3O3S2/c1-7(9(15)16-2)18-11-14-13-10(19-11)12-6-8-4-3-5-17-8/h7-8H,3-6H2,1-2H3,(H,12,13)/t7-,8+/m0/s1. The van der Waals surface area contributed by atoms with Gasteiger partial charge in [0.15, 0.2) is 4.34 Å². The quantitative estimate of drug-likeness (QED) is 0.634. The lowest BCUT2D eigenvalue weighted by atomic mass is 10.2. The molecule has 1 N–H and O–H groups in total. The van der Waals surface area contributed by atoms with Crippen LogP contribution in [0.15, 0.2) is 4.34 Å². The van der Waals surface area contributed by atoms with Crippen molar-refractivity contribution in [2.75, 3.05) is 25.6 Å². The van der Waals surface area contributed by atoms with Gasteiger partial charge in [-0.2, -0.15) is 0 Å². The number of methoxy groups -OCH3 is 1. The zero-order valence-corrected chi connectivity index (χ0v) is 12.6. The third-order valence-electron chi connectivity index (χ3n) is 2.72. The van der Waals surface area contributed by atoms with Gasteiger partial charge in [0.1, 0.15) is 5.25 Å². The monoisotopic (exact) mass is 303 g/mol. The van der Waals surface area contributed by atoms with Gasteiger partial charge in [-0.3, -0.25) is 4.79 Å². The van der Waals surface area contributed by atoms with E-state index in [0.717, 1.165) is 35.5 Å². The minimum Gasteiger partial charge on any atom is -0.468 e. The predicted octanol–water partition coefficient (Wildman–Crippen LogP) is 1.78. The van der Waals surface area contributed by atoms with Crippen LogP contribution in [0.1, 0.15) is 19.8 Å². The smallest absolute Gasteiger partial charge is 0.318 e. The lowest BCUT2D eigenvalue weighted by Crippen LogP contribution is -2.18. The molecule has 1 aliphatic rings. The molecule has 8 heteroatoms. The number of carbonyl (C=O) groups is 1. The molecule has 6 nitrogen and oxygen atoms in total. The number of anilines is 1. The third-order valence-corrected chi connectivity index (χ3v) is 4.77. The normalized spacial score (nSPS) is 20.2. The molecule has 2 rings (SSSR count). The maximum Gasteiger partial charge on any atom is 0.318 e. The molecule has 0 amide bonds. The molecule has 2 atom stereocenters. The van der Waals surface area contributed by atoms with Crippen LogP contribution in [0.3, 0.4) is 0 Å². The van der Waals surface area contributed by atoms with Crippen LogP contribution < -0.4 is 5.32 Å². The Labute approximate surface area is 120 Å². The van der Waals surface area contributed by atoms with Gasteiger partial charge in [-0.15, -0.1) is 10.2 Å². The molecule has 0 bridgehead atoms. The molecule has 19 heavy (non-hydrogen) atoms. The summed E-state index contributed by atoms with van der Waals surface area (Å²) >= 11 is 2.79. The molecule has 1 aromatic rings.